The minimum absolute atomic E-state index is 0.129. The van der Waals surface area contributed by atoms with Gasteiger partial charge in [-0.15, -0.1) is 10.2 Å². The average Bonchev–Trinajstić information content (AvgIpc) is 3.18. The molecule has 0 spiro atoms. The van der Waals surface area contributed by atoms with Crippen LogP contribution in [0.2, 0.25) is 0 Å². The molecule has 0 saturated carbocycles. The Bertz CT molecular complexity index is 1080. The Morgan fingerprint density at radius 3 is 2.53 bits per heavy atom. The second-order valence-corrected chi connectivity index (χ2v) is 8.37. The van der Waals surface area contributed by atoms with Crippen LogP contribution in [0.5, 0.6) is 0 Å². The van der Waals surface area contributed by atoms with Crippen LogP contribution in [0.3, 0.4) is 0 Å². The molecule has 3 aromatic rings. The smallest absolute Gasteiger partial charge is 0.234 e. The number of thioether (sulfide) groups is 1. The molecule has 1 amide bonds. The Hall–Kier alpha value is -3.01. The van der Waals surface area contributed by atoms with Gasteiger partial charge in [0.2, 0.25) is 5.91 Å². The summed E-state index contributed by atoms with van der Waals surface area (Å²) in [5.41, 5.74) is 1.54. The lowest BCUT2D eigenvalue weighted by Crippen LogP contribution is -2.36. The molecule has 0 unspecified atom stereocenters. The number of rotatable bonds is 8. The highest BCUT2D eigenvalue weighted by molar-refractivity contribution is 7.99. The van der Waals surface area contributed by atoms with Crippen LogP contribution in [-0.4, -0.2) is 63.4 Å². The second-order valence-electron chi connectivity index (χ2n) is 7.42. The minimum atomic E-state index is -0.207. The Morgan fingerprint density at radius 2 is 1.75 bits per heavy atom. The predicted molar refractivity (Wildman–Crippen MR) is 123 cm³/mol. The number of nitrogens with zero attached hydrogens (tertiary/aromatic N) is 4. The Morgan fingerprint density at radius 1 is 1.03 bits per heavy atom. The lowest BCUT2D eigenvalue weighted by Gasteiger charge is -2.25. The molecule has 1 fully saturated rings. The summed E-state index contributed by atoms with van der Waals surface area (Å²) in [5.74, 6) is 0.682. The number of para-hydroxylation sites is 1. The lowest BCUT2D eigenvalue weighted by atomic mass is 10.0. The molecule has 4 rings (SSSR count). The van der Waals surface area contributed by atoms with Crippen LogP contribution in [-0.2, 0) is 23.1 Å². The van der Waals surface area contributed by atoms with E-state index in [-0.39, 0.29) is 17.4 Å². The molecular formula is C23H25N5O3S. The highest BCUT2D eigenvalue weighted by atomic mass is 32.2. The summed E-state index contributed by atoms with van der Waals surface area (Å²) < 4.78 is 7.30. The van der Waals surface area contributed by atoms with Gasteiger partial charge in [0.25, 0.3) is 0 Å². The number of morpholine rings is 1. The van der Waals surface area contributed by atoms with Crippen LogP contribution in [0.25, 0.3) is 0 Å². The molecule has 1 aliphatic rings. The van der Waals surface area contributed by atoms with Crippen molar-refractivity contribution in [2.75, 3.05) is 37.4 Å². The Labute approximate surface area is 191 Å². The predicted octanol–water partition coefficient (Wildman–Crippen LogP) is 2.61. The minimum Gasteiger partial charge on any atom is -0.379 e. The number of ether oxygens (including phenoxy) is 1. The molecule has 2 aromatic carbocycles. The van der Waals surface area contributed by atoms with Crippen molar-refractivity contribution < 1.29 is 14.3 Å². The van der Waals surface area contributed by atoms with E-state index in [0.29, 0.717) is 28.5 Å². The summed E-state index contributed by atoms with van der Waals surface area (Å²) in [6.45, 7) is 3.91. The number of hydrogen-bond acceptors (Lipinski definition) is 7. The first-order chi connectivity index (χ1) is 15.6. The van der Waals surface area contributed by atoms with Gasteiger partial charge in [-0.2, -0.15) is 0 Å². The van der Waals surface area contributed by atoms with Crippen molar-refractivity contribution in [2.45, 2.75) is 11.7 Å². The summed E-state index contributed by atoms with van der Waals surface area (Å²) in [6, 6.07) is 16.1. The fraction of sp³-hybridized carbons (Fsp3) is 0.304. The van der Waals surface area contributed by atoms with E-state index in [0.717, 1.165) is 32.1 Å². The van der Waals surface area contributed by atoms with Gasteiger partial charge in [-0.05, 0) is 12.1 Å². The molecule has 0 bridgehead atoms. The van der Waals surface area contributed by atoms with Gasteiger partial charge in [-0.1, -0.05) is 54.2 Å². The van der Waals surface area contributed by atoms with Crippen LogP contribution in [0, 0.1) is 0 Å². The number of anilines is 1. The van der Waals surface area contributed by atoms with Gasteiger partial charge in [-0.3, -0.25) is 14.5 Å². The van der Waals surface area contributed by atoms with Gasteiger partial charge in [0.15, 0.2) is 10.9 Å². The lowest BCUT2D eigenvalue weighted by molar-refractivity contribution is -0.113. The fourth-order valence-electron chi connectivity index (χ4n) is 3.42. The number of aromatic nitrogens is 3. The standard InChI is InChI=1S/C23H25N5O3S/c1-27-20(15-28-11-13-31-14-12-28)25-26-23(27)32-16-21(29)24-19-10-6-5-9-18(19)22(30)17-7-3-2-4-8-17/h2-10H,11-16H2,1H3,(H,24,29). The van der Waals surface area contributed by atoms with Crippen molar-refractivity contribution in [3.8, 4) is 0 Å². The third-order valence-electron chi connectivity index (χ3n) is 5.21. The molecule has 0 aliphatic carbocycles. The van der Waals surface area contributed by atoms with E-state index >= 15 is 0 Å². The fourth-order valence-corrected chi connectivity index (χ4v) is 4.15. The van der Waals surface area contributed by atoms with Crippen molar-refractivity contribution in [1.29, 1.82) is 0 Å². The monoisotopic (exact) mass is 451 g/mol. The van der Waals surface area contributed by atoms with Gasteiger partial charge in [-0.25, -0.2) is 0 Å². The molecule has 2 heterocycles. The van der Waals surface area contributed by atoms with Crippen molar-refractivity contribution in [3.05, 3.63) is 71.5 Å². The van der Waals surface area contributed by atoms with E-state index in [2.05, 4.69) is 20.4 Å². The number of nitrogens with one attached hydrogen (secondary N) is 1. The molecule has 166 valence electrons. The first kappa shape index (κ1) is 22.2. The van der Waals surface area contributed by atoms with Crippen LogP contribution in [0.1, 0.15) is 21.7 Å². The van der Waals surface area contributed by atoms with Gasteiger partial charge in [0, 0.05) is 31.3 Å². The summed E-state index contributed by atoms with van der Waals surface area (Å²) >= 11 is 1.32. The van der Waals surface area contributed by atoms with E-state index < -0.39 is 0 Å². The van der Waals surface area contributed by atoms with Crippen molar-refractivity contribution >= 4 is 29.1 Å². The van der Waals surface area contributed by atoms with Gasteiger partial charge >= 0.3 is 0 Å². The number of amides is 1. The van der Waals surface area contributed by atoms with Crippen molar-refractivity contribution in [3.63, 3.8) is 0 Å². The number of hydrogen-bond donors (Lipinski definition) is 1. The van der Waals surface area contributed by atoms with E-state index in [1.165, 1.54) is 11.8 Å². The van der Waals surface area contributed by atoms with Gasteiger partial charge < -0.3 is 14.6 Å². The van der Waals surface area contributed by atoms with E-state index in [1.807, 2.05) is 29.8 Å². The zero-order chi connectivity index (χ0) is 22.3. The maximum atomic E-state index is 12.8. The van der Waals surface area contributed by atoms with Crippen LogP contribution in [0.15, 0.2) is 59.8 Å². The maximum absolute atomic E-state index is 12.8. The molecular weight excluding hydrogens is 426 g/mol. The quantitative estimate of drug-likeness (QED) is 0.416. The molecule has 1 aliphatic heterocycles. The second kappa shape index (κ2) is 10.5. The number of ketones is 1. The van der Waals surface area contributed by atoms with Crippen LogP contribution < -0.4 is 5.32 Å². The molecule has 32 heavy (non-hydrogen) atoms. The number of carbonyl (C=O) groups is 2. The summed E-state index contributed by atoms with van der Waals surface area (Å²) in [5, 5.41) is 12.0. The molecule has 9 heteroatoms. The highest BCUT2D eigenvalue weighted by Gasteiger charge is 2.18. The molecule has 1 saturated heterocycles. The topological polar surface area (TPSA) is 89.3 Å². The van der Waals surface area contributed by atoms with Gasteiger partial charge in [0.1, 0.15) is 5.82 Å². The van der Waals surface area contributed by atoms with Crippen molar-refractivity contribution in [2.24, 2.45) is 7.05 Å². The van der Waals surface area contributed by atoms with E-state index in [4.69, 9.17) is 4.74 Å². The van der Waals surface area contributed by atoms with Gasteiger partial charge in [0.05, 0.1) is 31.2 Å². The number of carbonyl (C=O) groups excluding carboxylic acids is 2. The van der Waals surface area contributed by atoms with E-state index in [9.17, 15) is 9.59 Å². The molecule has 0 radical (unpaired) electrons. The Kier molecular flexibility index (Phi) is 7.31. The molecule has 0 atom stereocenters. The third kappa shape index (κ3) is 5.42. The number of benzene rings is 2. The maximum Gasteiger partial charge on any atom is 0.234 e. The van der Waals surface area contributed by atoms with Crippen LogP contribution >= 0.6 is 11.8 Å². The van der Waals surface area contributed by atoms with Crippen LogP contribution in [0.4, 0.5) is 5.69 Å². The largest absolute Gasteiger partial charge is 0.379 e. The van der Waals surface area contributed by atoms with Crippen molar-refractivity contribution in [1.82, 2.24) is 19.7 Å². The average molecular weight is 452 g/mol. The summed E-state index contributed by atoms with van der Waals surface area (Å²) in [6.07, 6.45) is 0. The molecule has 1 aromatic heterocycles. The highest BCUT2D eigenvalue weighted by Crippen LogP contribution is 2.21. The Balaban J connectivity index is 1.36. The van der Waals surface area contributed by atoms with E-state index in [1.54, 1.807) is 36.4 Å². The molecule has 1 N–H and O–H groups in total. The first-order valence-corrected chi connectivity index (χ1v) is 11.4. The first-order valence-electron chi connectivity index (χ1n) is 10.4. The zero-order valence-corrected chi connectivity index (χ0v) is 18.7. The zero-order valence-electron chi connectivity index (χ0n) is 17.9. The SMILES string of the molecule is Cn1c(CN2CCOCC2)nnc1SCC(=O)Nc1ccccc1C(=O)c1ccccc1. The normalized spacial score (nSPS) is 14.3. The summed E-state index contributed by atoms with van der Waals surface area (Å²) in [4.78, 5) is 27.7. The third-order valence-corrected chi connectivity index (χ3v) is 6.23. The molecule has 8 nitrogen and oxygen atoms in total. The summed E-state index contributed by atoms with van der Waals surface area (Å²) in [7, 11) is 1.91.